The zero-order valence-corrected chi connectivity index (χ0v) is 11.4. The predicted molar refractivity (Wildman–Crippen MR) is 76.5 cm³/mol. The minimum atomic E-state index is -0.147. The minimum Gasteiger partial charge on any atom is -0.350 e. The fourth-order valence-electron chi connectivity index (χ4n) is 1.76. The predicted octanol–water partition coefficient (Wildman–Crippen LogP) is 3.02. The van der Waals surface area contributed by atoms with Crippen LogP contribution in [0.5, 0.6) is 0 Å². The summed E-state index contributed by atoms with van der Waals surface area (Å²) in [5, 5.41) is 3.56. The summed E-state index contributed by atoms with van der Waals surface area (Å²) >= 11 is 5.90. The summed E-state index contributed by atoms with van der Waals surface area (Å²) < 4.78 is 0. The molecule has 1 aromatic carbocycles. The number of hydrogen-bond donors (Lipinski definition) is 1. The molecule has 1 aromatic heterocycles. The molecule has 98 valence electrons. The first-order valence-electron chi connectivity index (χ1n) is 6.10. The van der Waals surface area contributed by atoms with Crippen LogP contribution in [0.4, 0.5) is 0 Å². The van der Waals surface area contributed by atoms with Gasteiger partial charge in [-0.2, -0.15) is 0 Å². The van der Waals surface area contributed by atoms with E-state index in [4.69, 9.17) is 11.6 Å². The van der Waals surface area contributed by atoms with E-state index in [0.29, 0.717) is 17.3 Å². The maximum Gasteiger partial charge on any atom is 0.269 e. The number of carbonyl (C=O) groups is 1. The van der Waals surface area contributed by atoms with E-state index in [9.17, 15) is 4.79 Å². The van der Waals surface area contributed by atoms with Crippen LogP contribution in [0.3, 0.4) is 0 Å². The summed E-state index contributed by atoms with van der Waals surface area (Å²) in [7, 11) is 0. The van der Waals surface area contributed by atoms with Crippen LogP contribution in [0.1, 0.15) is 21.6 Å². The van der Waals surface area contributed by atoms with Crippen molar-refractivity contribution in [1.82, 2.24) is 10.3 Å². The van der Waals surface area contributed by atoms with Crippen LogP contribution in [0, 0.1) is 6.92 Å². The number of carbonyl (C=O) groups excluding carboxylic acids is 1. The van der Waals surface area contributed by atoms with Crippen LogP contribution >= 0.6 is 11.6 Å². The second kappa shape index (κ2) is 6.34. The number of amides is 1. The lowest BCUT2D eigenvalue weighted by Crippen LogP contribution is -2.26. The van der Waals surface area contributed by atoms with Crippen LogP contribution < -0.4 is 5.32 Å². The SMILES string of the molecule is Cc1ccnc(C(=O)NCCc2cccc(Cl)c2)c1. The molecule has 2 rings (SSSR count). The van der Waals surface area contributed by atoms with Gasteiger partial charge in [-0.3, -0.25) is 9.78 Å². The quantitative estimate of drug-likeness (QED) is 0.931. The van der Waals surface area contributed by atoms with Crippen molar-refractivity contribution >= 4 is 17.5 Å². The van der Waals surface area contributed by atoms with Crippen molar-refractivity contribution in [3.8, 4) is 0 Å². The van der Waals surface area contributed by atoms with E-state index >= 15 is 0 Å². The first-order valence-corrected chi connectivity index (χ1v) is 6.48. The lowest BCUT2D eigenvalue weighted by atomic mass is 10.1. The first-order chi connectivity index (χ1) is 9.15. The highest BCUT2D eigenvalue weighted by atomic mass is 35.5. The largest absolute Gasteiger partial charge is 0.350 e. The molecule has 0 aliphatic rings. The number of aromatic nitrogens is 1. The molecular weight excluding hydrogens is 260 g/mol. The van der Waals surface area contributed by atoms with E-state index in [1.165, 1.54) is 0 Å². The molecule has 4 heteroatoms. The monoisotopic (exact) mass is 274 g/mol. The molecular formula is C15H15ClN2O. The lowest BCUT2D eigenvalue weighted by molar-refractivity contribution is 0.0949. The number of nitrogens with zero attached hydrogens (tertiary/aromatic N) is 1. The zero-order valence-electron chi connectivity index (χ0n) is 10.7. The van der Waals surface area contributed by atoms with Gasteiger partial charge in [0.25, 0.3) is 5.91 Å². The number of benzene rings is 1. The fraction of sp³-hybridized carbons (Fsp3) is 0.200. The molecule has 0 saturated carbocycles. The Morgan fingerprint density at radius 1 is 1.32 bits per heavy atom. The van der Waals surface area contributed by atoms with Crippen LogP contribution in [-0.2, 0) is 6.42 Å². The van der Waals surface area contributed by atoms with Crippen molar-refractivity contribution in [3.63, 3.8) is 0 Å². The Hall–Kier alpha value is -1.87. The highest BCUT2D eigenvalue weighted by Crippen LogP contribution is 2.10. The van der Waals surface area contributed by atoms with Gasteiger partial charge in [0.15, 0.2) is 0 Å². The van der Waals surface area contributed by atoms with Crippen LogP contribution in [0.2, 0.25) is 5.02 Å². The van der Waals surface area contributed by atoms with Crippen molar-refractivity contribution in [2.24, 2.45) is 0 Å². The Morgan fingerprint density at radius 2 is 2.16 bits per heavy atom. The topological polar surface area (TPSA) is 42.0 Å². The third kappa shape index (κ3) is 4.07. The first kappa shape index (κ1) is 13.6. The summed E-state index contributed by atoms with van der Waals surface area (Å²) in [6.07, 6.45) is 2.39. The molecule has 1 amide bonds. The van der Waals surface area contributed by atoms with Crippen molar-refractivity contribution in [1.29, 1.82) is 0 Å². The Kier molecular flexibility index (Phi) is 4.53. The highest BCUT2D eigenvalue weighted by molar-refractivity contribution is 6.30. The average Bonchev–Trinajstić information content (AvgIpc) is 2.38. The lowest BCUT2D eigenvalue weighted by Gasteiger charge is -2.05. The van der Waals surface area contributed by atoms with Crippen LogP contribution in [0.25, 0.3) is 0 Å². The standard InChI is InChI=1S/C15H15ClN2O/c1-11-5-7-17-14(9-11)15(19)18-8-6-12-3-2-4-13(16)10-12/h2-5,7,9-10H,6,8H2,1H3,(H,18,19). The Morgan fingerprint density at radius 3 is 2.89 bits per heavy atom. The fourth-order valence-corrected chi connectivity index (χ4v) is 1.98. The van der Waals surface area contributed by atoms with Crippen LogP contribution in [0.15, 0.2) is 42.6 Å². The normalized spacial score (nSPS) is 10.2. The van der Waals surface area contributed by atoms with E-state index in [1.807, 2.05) is 37.3 Å². The van der Waals surface area contributed by atoms with Crippen molar-refractivity contribution in [3.05, 3.63) is 64.4 Å². The summed E-state index contributed by atoms with van der Waals surface area (Å²) in [5.74, 6) is -0.147. The van der Waals surface area contributed by atoms with Gasteiger partial charge in [-0.1, -0.05) is 23.7 Å². The minimum absolute atomic E-state index is 0.147. The van der Waals surface area contributed by atoms with Gasteiger partial charge >= 0.3 is 0 Å². The molecule has 0 spiro atoms. The smallest absolute Gasteiger partial charge is 0.269 e. The average molecular weight is 275 g/mol. The second-order valence-corrected chi connectivity index (χ2v) is 4.79. The van der Waals surface area contributed by atoms with Gasteiger partial charge in [0, 0.05) is 17.8 Å². The molecule has 1 N–H and O–H groups in total. The summed E-state index contributed by atoms with van der Waals surface area (Å²) in [5.41, 5.74) is 2.58. The summed E-state index contributed by atoms with van der Waals surface area (Å²) in [6.45, 7) is 2.50. The number of halogens is 1. The molecule has 3 nitrogen and oxygen atoms in total. The molecule has 0 bridgehead atoms. The van der Waals surface area contributed by atoms with E-state index in [1.54, 1.807) is 12.3 Å². The number of hydrogen-bond acceptors (Lipinski definition) is 2. The van der Waals surface area contributed by atoms with Crippen molar-refractivity contribution in [2.45, 2.75) is 13.3 Å². The summed E-state index contributed by atoms with van der Waals surface area (Å²) in [4.78, 5) is 15.9. The van der Waals surface area contributed by atoms with Gasteiger partial charge in [0.1, 0.15) is 5.69 Å². The van der Waals surface area contributed by atoms with Gasteiger partial charge in [0.05, 0.1) is 0 Å². The van der Waals surface area contributed by atoms with E-state index in [2.05, 4.69) is 10.3 Å². The molecule has 0 saturated heterocycles. The second-order valence-electron chi connectivity index (χ2n) is 4.35. The molecule has 0 aliphatic carbocycles. The molecule has 0 unspecified atom stereocenters. The van der Waals surface area contributed by atoms with E-state index in [0.717, 1.165) is 17.5 Å². The Balaban J connectivity index is 1.87. The molecule has 19 heavy (non-hydrogen) atoms. The number of pyridine rings is 1. The maximum atomic E-state index is 11.9. The summed E-state index contributed by atoms with van der Waals surface area (Å²) in [6, 6.07) is 11.3. The van der Waals surface area contributed by atoms with Crippen molar-refractivity contribution < 1.29 is 4.79 Å². The number of nitrogens with one attached hydrogen (secondary N) is 1. The van der Waals surface area contributed by atoms with E-state index < -0.39 is 0 Å². The molecule has 0 radical (unpaired) electrons. The maximum absolute atomic E-state index is 11.9. The van der Waals surface area contributed by atoms with E-state index in [-0.39, 0.29) is 5.91 Å². The molecule has 0 fully saturated rings. The van der Waals surface area contributed by atoms with Gasteiger partial charge in [-0.25, -0.2) is 0 Å². The van der Waals surface area contributed by atoms with Gasteiger partial charge in [-0.05, 0) is 48.7 Å². The van der Waals surface area contributed by atoms with Gasteiger partial charge < -0.3 is 5.32 Å². The third-order valence-electron chi connectivity index (χ3n) is 2.74. The van der Waals surface area contributed by atoms with Gasteiger partial charge in [0.2, 0.25) is 0 Å². The molecule has 0 aliphatic heterocycles. The van der Waals surface area contributed by atoms with Crippen molar-refractivity contribution in [2.75, 3.05) is 6.54 Å². The Labute approximate surface area is 117 Å². The molecule has 1 heterocycles. The Bertz CT molecular complexity index is 584. The molecule has 0 atom stereocenters. The highest BCUT2D eigenvalue weighted by Gasteiger charge is 2.06. The van der Waals surface area contributed by atoms with Gasteiger partial charge in [-0.15, -0.1) is 0 Å². The number of rotatable bonds is 4. The zero-order chi connectivity index (χ0) is 13.7. The molecule has 2 aromatic rings. The number of aryl methyl sites for hydroxylation is 1. The van der Waals surface area contributed by atoms with Crippen LogP contribution in [-0.4, -0.2) is 17.4 Å². The third-order valence-corrected chi connectivity index (χ3v) is 2.97.